The number of carbonyl (C=O) groups excluding carboxylic acids is 1. The zero-order valence-electron chi connectivity index (χ0n) is 7.29. The molecule has 0 fully saturated rings. The Morgan fingerprint density at radius 2 is 2.29 bits per heavy atom. The number of aliphatic hydroxyl groups is 1. The second-order valence-electron chi connectivity index (χ2n) is 2.51. The van der Waals surface area contributed by atoms with Gasteiger partial charge in [-0.1, -0.05) is 12.1 Å². The van der Waals surface area contributed by atoms with Crippen LogP contribution in [0.1, 0.15) is 15.9 Å². The Bertz CT molecular complexity index is 341. The van der Waals surface area contributed by atoms with E-state index in [2.05, 4.69) is 10.2 Å². The second kappa shape index (κ2) is 5.47. The molecule has 1 aromatic carbocycles. The first kappa shape index (κ1) is 11.7. The van der Waals surface area contributed by atoms with Gasteiger partial charge in [0.05, 0.1) is 28.6 Å². The number of hydrogen-bond acceptors (Lipinski definition) is 3. The van der Waals surface area contributed by atoms with Gasteiger partial charge >= 0.3 is 5.97 Å². The average Bonchev–Trinajstić information content (AvgIpc) is 2.18. The molecule has 0 bridgehead atoms. The van der Waals surface area contributed by atoms with Gasteiger partial charge in [-0.25, -0.2) is 4.79 Å². The lowest BCUT2D eigenvalue weighted by atomic mass is 10.1. The van der Waals surface area contributed by atoms with Gasteiger partial charge in [-0.15, -0.1) is 0 Å². The highest BCUT2D eigenvalue weighted by Crippen LogP contribution is 2.18. The van der Waals surface area contributed by atoms with Crippen molar-refractivity contribution >= 4 is 38.8 Å². The predicted molar refractivity (Wildman–Crippen MR) is 61.1 cm³/mol. The van der Waals surface area contributed by atoms with Crippen LogP contribution < -0.4 is 0 Å². The summed E-state index contributed by atoms with van der Waals surface area (Å²) in [6.45, 7) is -0.0761. The molecule has 1 aromatic rings. The van der Waals surface area contributed by atoms with E-state index in [-0.39, 0.29) is 18.8 Å². The van der Waals surface area contributed by atoms with Crippen molar-refractivity contribution in [3.63, 3.8) is 0 Å². The summed E-state index contributed by atoms with van der Waals surface area (Å²) in [4.78, 5) is 11.4. The molecule has 0 aliphatic rings. The number of rotatable bonds is 3. The van der Waals surface area contributed by atoms with Crippen molar-refractivity contribution < 1.29 is 14.6 Å². The largest absolute Gasteiger partial charge is 0.467 e. The fourth-order valence-corrected chi connectivity index (χ4v) is 1.88. The number of ether oxygens (including phenoxy) is 1. The van der Waals surface area contributed by atoms with Crippen molar-refractivity contribution in [2.24, 2.45) is 0 Å². The maximum Gasteiger partial charge on any atom is 0.338 e. The minimum Gasteiger partial charge on any atom is -0.467 e. The number of aliphatic hydroxyl groups excluding tert-OH is 1. The zero-order valence-corrected chi connectivity index (χ0v) is 10.4. The Kier molecular flexibility index (Phi) is 4.56. The third kappa shape index (κ3) is 2.55. The van der Waals surface area contributed by atoms with E-state index >= 15 is 0 Å². The van der Waals surface area contributed by atoms with Crippen LogP contribution in [-0.2, 0) is 11.3 Å². The normalized spacial score (nSPS) is 9.93. The van der Waals surface area contributed by atoms with Crippen LogP contribution in [0.3, 0.4) is 0 Å². The summed E-state index contributed by atoms with van der Waals surface area (Å²) in [5.41, 5.74) is 1.21. The van der Waals surface area contributed by atoms with E-state index < -0.39 is 0 Å². The second-order valence-corrected chi connectivity index (χ2v) is 3.88. The number of carbonyl (C=O) groups is 1. The molecule has 0 heterocycles. The van der Waals surface area contributed by atoms with Crippen LogP contribution in [0.25, 0.3) is 0 Å². The SMILES string of the molecule is O=C(OC[Si])c1cccc(CO)c1I. The van der Waals surface area contributed by atoms with Crippen LogP contribution in [0, 0.1) is 3.57 Å². The van der Waals surface area contributed by atoms with Crippen LogP contribution in [0.4, 0.5) is 0 Å². The molecule has 0 unspecified atom stereocenters. The zero-order chi connectivity index (χ0) is 10.6. The van der Waals surface area contributed by atoms with E-state index in [4.69, 9.17) is 9.84 Å². The van der Waals surface area contributed by atoms with Crippen LogP contribution in [0.5, 0.6) is 0 Å². The lowest BCUT2D eigenvalue weighted by Crippen LogP contribution is -2.09. The predicted octanol–water partition coefficient (Wildman–Crippen LogP) is 1.07. The van der Waals surface area contributed by atoms with Crippen LogP contribution in [0.15, 0.2) is 18.2 Å². The van der Waals surface area contributed by atoms with Gasteiger partial charge in [0, 0.05) is 3.57 Å². The summed E-state index contributed by atoms with van der Waals surface area (Å²) < 4.78 is 5.53. The number of esters is 1. The van der Waals surface area contributed by atoms with Crippen LogP contribution >= 0.6 is 22.6 Å². The molecule has 73 valence electrons. The topological polar surface area (TPSA) is 46.5 Å². The maximum absolute atomic E-state index is 11.4. The molecule has 14 heavy (non-hydrogen) atoms. The minimum absolute atomic E-state index is 0.0761. The van der Waals surface area contributed by atoms with E-state index in [9.17, 15) is 4.79 Å². The molecule has 0 saturated heterocycles. The Morgan fingerprint density at radius 1 is 1.57 bits per heavy atom. The molecule has 3 radical (unpaired) electrons. The van der Waals surface area contributed by atoms with E-state index in [1.54, 1.807) is 18.2 Å². The molecule has 0 aliphatic carbocycles. The standard InChI is InChI=1S/C9H8IO3Si/c10-8-6(4-11)2-1-3-7(8)9(12)13-5-14/h1-3,11H,4-5H2. The van der Waals surface area contributed by atoms with Crippen molar-refractivity contribution in [1.82, 2.24) is 0 Å². The maximum atomic E-state index is 11.4. The van der Waals surface area contributed by atoms with Crippen molar-refractivity contribution in [2.45, 2.75) is 6.61 Å². The fraction of sp³-hybridized carbons (Fsp3) is 0.222. The quantitative estimate of drug-likeness (QED) is 0.515. The molecule has 1 N–H and O–H groups in total. The van der Waals surface area contributed by atoms with E-state index in [1.165, 1.54) is 0 Å². The number of halogens is 1. The Balaban J connectivity index is 3.03. The average molecular weight is 319 g/mol. The molecule has 5 heteroatoms. The number of hydrogen-bond donors (Lipinski definition) is 1. The van der Waals surface area contributed by atoms with Crippen molar-refractivity contribution in [3.8, 4) is 0 Å². The molecule has 0 saturated carbocycles. The molecule has 0 amide bonds. The molecular weight excluding hydrogens is 311 g/mol. The lowest BCUT2D eigenvalue weighted by Gasteiger charge is -2.06. The number of benzene rings is 1. The third-order valence-corrected chi connectivity index (χ3v) is 3.09. The van der Waals surface area contributed by atoms with Crippen molar-refractivity contribution in [3.05, 3.63) is 32.9 Å². The first-order chi connectivity index (χ1) is 6.70. The summed E-state index contributed by atoms with van der Waals surface area (Å²) in [5, 5.41) is 8.99. The van der Waals surface area contributed by atoms with Gasteiger partial charge < -0.3 is 9.84 Å². The van der Waals surface area contributed by atoms with E-state index in [0.29, 0.717) is 5.56 Å². The van der Waals surface area contributed by atoms with Crippen LogP contribution in [0.2, 0.25) is 0 Å². The van der Waals surface area contributed by atoms with Crippen molar-refractivity contribution in [1.29, 1.82) is 0 Å². The lowest BCUT2D eigenvalue weighted by molar-refractivity contribution is 0.0572. The van der Waals surface area contributed by atoms with Gasteiger partial charge in [0.2, 0.25) is 0 Å². The van der Waals surface area contributed by atoms with Gasteiger partial charge in [0.15, 0.2) is 0 Å². The van der Waals surface area contributed by atoms with Crippen molar-refractivity contribution in [2.75, 3.05) is 6.23 Å². The molecule has 0 aromatic heterocycles. The van der Waals surface area contributed by atoms with Gasteiger partial charge in [-0.2, -0.15) is 0 Å². The summed E-state index contributed by atoms with van der Waals surface area (Å²) in [7, 11) is 3.06. The first-order valence-corrected chi connectivity index (χ1v) is 5.69. The molecule has 0 aliphatic heterocycles. The third-order valence-electron chi connectivity index (χ3n) is 1.67. The van der Waals surface area contributed by atoms with E-state index in [1.807, 2.05) is 22.6 Å². The van der Waals surface area contributed by atoms with Gasteiger partial charge in [-0.3, -0.25) is 0 Å². The Labute approximate surface area is 99.0 Å². The highest BCUT2D eigenvalue weighted by atomic mass is 127. The molecule has 0 spiro atoms. The van der Waals surface area contributed by atoms with E-state index in [0.717, 1.165) is 9.13 Å². The molecule has 0 atom stereocenters. The first-order valence-electron chi connectivity index (χ1n) is 3.90. The summed E-state index contributed by atoms with van der Waals surface area (Å²) in [5.74, 6) is -0.389. The summed E-state index contributed by atoms with van der Waals surface area (Å²) >= 11 is 2.02. The van der Waals surface area contributed by atoms with Gasteiger partial charge in [-0.05, 0) is 34.2 Å². The van der Waals surface area contributed by atoms with Gasteiger partial charge in [0.25, 0.3) is 0 Å². The fourth-order valence-electron chi connectivity index (χ4n) is 1.00. The Hall–Kier alpha value is -0.403. The van der Waals surface area contributed by atoms with Gasteiger partial charge in [0.1, 0.15) is 0 Å². The highest BCUT2D eigenvalue weighted by Gasteiger charge is 2.12. The molecular formula is C9H8IO3Si. The summed E-state index contributed by atoms with van der Waals surface area (Å²) in [6.07, 6.45) is 0.165. The molecule has 1 rings (SSSR count). The minimum atomic E-state index is -0.389. The smallest absolute Gasteiger partial charge is 0.338 e. The highest BCUT2D eigenvalue weighted by molar-refractivity contribution is 14.1. The van der Waals surface area contributed by atoms with Crippen LogP contribution in [-0.4, -0.2) is 27.5 Å². The molecule has 3 nitrogen and oxygen atoms in total. The monoisotopic (exact) mass is 319 g/mol. The Morgan fingerprint density at radius 3 is 2.86 bits per heavy atom. The summed E-state index contributed by atoms with van der Waals surface area (Å²) in [6, 6.07) is 5.16.